The normalized spacial score (nSPS) is 12.6. The van der Waals surface area contributed by atoms with Crippen LogP contribution in [0.25, 0.3) is 10.9 Å². The Morgan fingerprint density at radius 1 is 0.895 bits per heavy atom. The van der Waals surface area contributed by atoms with Gasteiger partial charge in [-0.1, -0.05) is 0 Å². The zero-order valence-electron chi connectivity index (χ0n) is 18.6. The van der Waals surface area contributed by atoms with Crippen LogP contribution in [0, 0.1) is 5.82 Å². The van der Waals surface area contributed by atoms with Crippen LogP contribution in [0.1, 0.15) is 16.7 Å². The summed E-state index contributed by atoms with van der Waals surface area (Å²) < 4.78 is 127. The van der Waals surface area contributed by atoms with Gasteiger partial charge in [-0.05, 0) is 60.2 Å². The Bertz CT molecular complexity index is 1600. The van der Waals surface area contributed by atoms with E-state index in [2.05, 4.69) is 4.98 Å². The second kappa shape index (κ2) is 9.35. The Kier molecular flexibility index (Phi) is 6.64. The number of nitrogens with one attached hydrogen (secondary N) is 1. The van der Waals surface area contributed by atoms with Crippen molar-refractivity contribution in [1.29, 1.82) is 0 Å². The number of alkyl halides is 6. The monoisotopic (exact) mass is 561 g/mol. The van der Waals surface area contributed by atoms with Gasteiger partial charge in [0, 0.05) is 17.1 Å². The summed E-state index contributed by atoms with van der Waals surface area (Å²) >= 11 is 0. The molecule has 0 radical (unpaired) electrons. The van der Waals surface area contributed by atoms with Gasteiger partial charge in [0.2, 0.25) is 9.84 Å². The Hall–Kier alpha value is -4.07. The van der Waals surface area contributed by atoms with Gasteiger partial charge in [-0.2, -0.15) is 26.3 Å². The second-order valence-corrected chi connectivity index (χ2v) is 9.92. The number of hydrogen-bond donors (Lipinski definition) is 2. The molecule has 0 aliphatic rings. The van der Waals surface area contributed by atoms with E-state index in [9.17, 15) is 43.9 Å². The van der Waals surface area contributed by atoms with Crippen LogP contribution in [0.3, 0.4) is 0 Å². The van der Waals surface area contributed by atoms with Gasteiger partial charge < -0.3 is 14.8 Å². The van der Waals surface area contributed by atoms with Crippen LogP contribution >= 0.6 is 0 Å². The number of halogens is 7. The number of H-pyrrole nitrogens is 1. The topological polar surface area (TPSA) is 96.5 Å². The molecule has 1 heterocycles. The first-order chi connectivity index (χ1) is 17.6. The average molecular weight is 561 g/mol. The van der Waals surface area contributed by atoms with Crippen molar-refractivity contribution in [2.24, 2.45) is 0 Å². The van der Waals surface area contributed by atoms with Gasteiger partial charge >= 0.3 is 18.3 Å². The summed E-state index contributed by atoms with van der Waals surface area (Å²) in [7, 11) is -4.28. The van der Waals surface area contributed by atoms with E-state index in [0.29, 0.717) is 0 Å². The highest BCUT2D eigenvalue weighted by Crippen LogP contribution is 2.47. The molecule has 3 aromatic carbocycles. The SMILES string of the molecule is O=C(O)Cc1cc(C(F)(F)F)c(Oc2ccc3[nH]cc(S(=O)(=O)c4ccc(F)cc4)c3c2)c(C(F)(F)F)c1. The van der Waals surface area contributed by atoms with Crippen LogP contribution < -0.4 is 4.74 Å². The predicted octanol–water partition coefficient (Wildman–Crippen LogP) is 6.60. The van der Waals surface area contributed by atoms with E-state index in [1.807, 2.05) is 0 Å². The minimum atomic E-state index is -5.36. The summed E-state index contributed by atoms with van der Waals surface area (Å²) in [6, 6.07) is 7.45. The number of ether oxygens (including phenoxy) is 1. The van der Waals surface area contributed by atoms with E-state index in [1.54, 1.807) is 0 Å². The smallest absolute Gasteiger partial charge is 0.420 e. The van der Waals surface area contributed by atoms with Gasteiger partial charge in [0.1, 0.15) is 11.6 Å². The third-order valence-corrected chi connectivity index (χ3v) is 7.17. The summed E-state index contributed by atoms with van der Waals surface area (Å²) in [6.45, 7) is 0. The summed E-state index contributed by atoms with van der Waals surface area (Å²) in [4.78, 5) is 12.9. The second-order valence-electron chi connectivity index (χ2n) is 8.01. The number of benzene rings is 3. The first-order valence-corrected chi connectivity index (χ1v) is 11.9. The predicted molar refractivity (Wildman–Crippen MR) is 118 cm³/mol. The number of carbonyl (C=O) groups is 1. The van der Waals surface area contributed by atoms with Crippen LogP contribution in [-0.2, 0) is 33.4 Å². The molecule has 0 amide bonds. The molecule has 0 spiro atoms. The minimum absolute atomic E-state index is 0.114. The van der Waals surface area contributed by atoms with Gasteiger partial charge in [-0.3, -0.25) is 4.79 Å². The maximum absolute atomic E-state index is 13.8. The molecule has 14 heteroatoms. The molecule has 1 aromatic heterocycles. The van der Waals surface area contributed by atoms with Crippen molar-refractivity contribution < 1.29 is 53.8 Å². The number of aromatic amines is 1. The lowest BCUT2D eigenvalue weighted by atomic mass is 10.0. The van der Waals surface area contributed by atoms with Gasteiger partial charge in [0.05, 0.1) is 27.3 Å². The fourth-order valence-electron chi connectivity index (χ4n) is 3.71. The third-order valence-electron chi connectivity index (χ3n) is 5.36. The maximum Gasteiger partial charge on any atom is 0.420 e. The summed E-state index contributed by atoms with van der Waals surface area (Å²) in [6.07, 6.45) is -10.8. The molecular formula is C24H14F7NO5S. The Morgan fingerprint density at radius 3 is 2.00 bits per heavy atom. The van der Waals surface area contributed by atoms with Crippen LogP contribution in [0.15, 0.2) is 70.6 Å². The van der Waals surface area contributed by atoms with E-state index >= 15 is 0 Å². The largest absolute Gasteiger partial charge is 0.481 e. The van der Waals surface area contributed by atoms with Crippen molar-refractivity contribution in [3.8, 4) is 11.5 Å². The molecule has 0 aliphatic carbocycles. The molecular weight excluding hydrogens is 547 g/mol. The Labute approximate surface area is 209 Å². The number of sulfone groups is 1. The number of rotatable bonds is 6. The molecule has 0 unspecified atom stereocenters. The number of aliphatic carboxylic acids is 1. The van der Waals surface area contributed by atoms with Crippen molar-refractivity contribution in [2.45, 2.75) is 28.6 Å². The fourth-order valence-corrected chi connectivity index (χ4v) is 5.14. The summed E-state index contributed by atoms with van der Waals surface area (Å²) in [5, 5.41) is 8.75. The van der Waals surface area contributed by atoms with E-state index in [0.717, 1.165) is 42.6 Å². The molecule has 38 heavy (non-hydrogen) atoms. The first-order valence-electron chi connectivity index (χ1n) is 10.4. The molecule has 200 valence electrons. The maximum atomic E-state index is 13.8. The molecule has 0 saturated heterocycles. The lowest BCUT2D eigenvalue weighted by Crippen LogP contribution is -2.16. The summed E-state index contributed by atoms with van der Waals surface area (Å²) in [5.41, 5.74) is -4.31. The molecule has 0 fully saturated rings. The van der Waals surface area contributed by atoms with Crippen LogP contribution in [-0.4, -0.2) is 24.5 Å². The van der Waals surface area contributed by atoms with Crippen molar-refractivity contribution in [2.75, 3.05) is 0 Å². The zero-order valence-corrected chi connectivity index (χ0v) is 19.4. The highest BCUT2D eigenvalue weighted by Gasteiger charge is 2.43. The highest BCUT2D eigenvalue weighted by molar-refractivity contribution is 7.91. The highest BCUT2D eigenvalue weighted by atomic mass is 32.2. The molecule has 0 aliphatic heterocycles. The van der Waals surface area contributed by atoms with E-state index in [4.69, 9.17) is 9.84 Å². The molecule has 4 rings (SSSR count). The lowest BCUT2D eigenvalue weighted by molar-refractivity contribution is -0.145. The summed E-state index contributed by atoms with van der Waals surface area (Å²) in [5.74, 6) is -4.53. The van der Waals surface area contributed by atoms with E-state index in [1.165, 1.54) is 6.07 Å². The van der Waals surface area contributed by atoms with Gasteiger partial charge in [0.25, 0.3) is 0 Å². The van der Waals surface area contributed by atoms with E-state index in [-0.39, 0.29) is 32.8 Å². The molecule has 0 atom stereocenters. The molecule has 0 saturated carbocycles. The van der Waals surface area contributed by atoms with Gasteiger partial charge in [0.15, 0.2) is 5.75 Å². The lowest BCUT2D eigenvalue weighted by Gasteiger charge is -2.20. The van der Waals surface area contributed by atoms with E-state index < -0.39 is 68.6 Å². The number of hydrogen-bond acceptors (Lipinski definition) is 4. The number of aromatic nitrogens is 1. The number of carboxylic acids is 1. The Balaban J connectivity index is 1.87. The zero-order chi connectivity index (χ0) is 28.0. The Morgan fingerprint density at radius 2 is 1.47 bits per heavy atom. The fraction of sp³-hybridized carbons (Fsp3) is 0.125. The van der Waals surface area contributed by atoms with Crippen molar-refractivity contribution in [3.05, 3.63) is 83.3 Å². The van der Waals surface area contributed by atoms with Crippen molar-refractivity contribution in [1.82, 2.24) is 4.98 Å². The van der Waals surface area contributed by atoms with Gasteiger partial charge in [-0.15, -0.1) is 0 Å². The van der Waals surface area contributed by atoms with Crippen molar-refractivity contribution in [3.63, 3.8) is 0 Å². The van der Waals surface area contributed by atoms with Crippen LogP contribution in [0.2, 0.25) is 0 Å². The standard InChI is InChI=1S/C24H14F7NO5S/c25-13-1-4-15(5-2-13)38(35,36)20-11-32-19-6-3-14(10-16(19)20)37-22-17(23(26,27)28)7-12(9-21(33)34)8-18(22)24(29,30)31/h1-8,10-11,32H,9H2,(H,33,34). The average Bonchev–Trinajstić information content (AvgIpc) is 3.22. The van der Waals surface area contributed by atoms with Crippen LogP contribution in [0.4, 0.5) is 30.7 Å². The third kappa shape index (κ3) is 5.30. The van der Waals surface area contributed by atoms with Crippen molar-refractivity contribution >= 4 is 26.7 Å². The molecule has 6 nitrogen and oxygen atoms in total. The number of fused-ring (bicyclic) bond motifs is 1. The molecule has 0 bridgehead atoms. The molecule has 4 aromatic rings. The quantitative estimate of drug-likeness (QED) is 0.204. The molecule has 2 N–H and O–H groups in total. The minimum Gasteiger partial charge on any atom is -0.481 e. The van der Waals surface area contributed by atoms with Gasteiger partial charge in [-0.25, -0.2) is 12.8 Å². The van der Waals surface area contributed by atoms with Crippen LogP contribution in [0.5, 0.6) is 11.5 Å². The number of carboxylic acid groups (broad SMARTS) is 1. The first kappa shape index (κ1) is 27.0.